The lowest BCUT2D eigenvalue weighted by Gasteiger charge is -2.40. The Labute approximate surface area is 166 Å². The molecule has 0 saturated carbocycles. The first-order chi connectivity index (χ1) is 13.5. The van der Waals surface area contributed by atoms with E-state index in [-0.39, 0.29) is 17.5 Å². The lowest BCUT2D eigenvalue weighted by molar-refractivity contribution is 0.0369. The molecule has 6 nitrogen and oxygen atoms in total. The number of hydrogen-bond acceptors (Lipinski definition) is 4. The van der Waals surface area contributed by atoms with Gasteiger partial charge in [-0.1, -0.05) is 47.1 Å². The molecular weight excluding hydrogens is 378 g/mol. The van der Waals surface area contributed by atoms with Gasteiger partial charge in [0.2, 0.25) is 0 Å². The number of amides is 2. The van der Waals surface area contributed by atoms with E-state index in [1.54, 1.807) is 41.0 Å². The first kappa shape index (κ1) is 17.0. The van der Waals surface area contributed by atoms with E-state index in [0.29, 0.717) is 29.4 Å². The van der Waals surface area contributed by atoms with E-state index in [9.17, 15) is 9.59 Å². The number of hydrogen-bond donors (Lipinski definition) is 0. The van der Waals surface area contributed by atoms with Crippen molar-refractivity contribution in [2.45, 2.75) is 12.6 Å². The normalized spacial score (nSPS) is 20.4. The maximum atomic E-state index is 13.4. The summed E-state index contributed by atoms with van der Waals surface area (Å²) in [5.41, 5.74) is 1.40. The molecule has 0 bridgehead atoms. The van der Waals surface area contributed by atoms with Crippen LogP contribution in [-0.4, -0.2) is 39.9 Å². The molecule has 1 saturated heterocycles. The van der Waals surface area contributed by atoms with E-state index in [2.05, 4.69) is 5.16 Å². The van der Waals surface area contributed by atoms with Crippen LogP contribution >= 0.6 is 11.6 Å². The zero-order chi connectivity index (χ0) is 19.5. The molecule has 1 atom stereocenters. The van der Waals surface area contributed by atoms with E-state index in [4.69, 9.17) is 16.1 Å². The minimum atomic E-state index is -1.03. The Bertz CT molecular complexity index is 1110. The molecule has 140 valence electrons. The average molecular weight is 394 g/mol. The summed E-state index contributed by atoms with van der Waals surface area (Å²) in [6.07, 6.45) is 0. The Kier molecular flexibility index (Phi) is 3.61. The highest BCUT2D eigenvalue weighted by Gasteiger charge is 2.59. The van der Waals surface area contributed by atoms with Gasteiger partial charge in [-0.2, -0.15) is 0 Å². The largest absolute Gasteiger partial charge is 0.361 e. The van der Waals surface area contributed by atoms with Gasteiger partial charge in [0.25, 0.3) is 11.8 Å². The fourth-order valence-corrected chi connectivity index (χ4v) is 4.46. The highest BCUT2D eigenvalue weighted by Crippen LogP contribution is 2.50. The van der Waals surface area contributed by atoms with Crippen molar-refractivity contribution in [1.82, 2.24) is 15.0 Å². The predicted octanol–water partition coefficient (Wildman–Crippen LogP) is 3.45. The van der Waals surface area contributed by atoms with Gasteiger partial charge in [-0.3, -0.25) is 9.59 Å². The van der Waals surface area contributed by atoms with Gasteiger partial charge < -0.3 is 14.3 Å². The summed E-state index contributed by atoms with van der Waals surface area (Å²) in [5.74, 6) is 0.193. The molecule has 5 rings (SSSR count). The Morgan fingerprint density at radius 3 is 2.61 bits per heavy atom. The van der Waals surface area contributed by atoms with Crippen LogP contribution in [0.4, 0.5) is 0 Å². The summed E-state index contributed by atoms with van der Waals surface area (Å²) < 4.78 is 5.11. The fraction of sp³-hybridized carbons (Fsp3) is 0.190. The summed E-state index contributed by atoms with van der Waals surface area (Å²) in [7, 11) is 0. The zero-order valence-electron chi connectivity index (χ0n) is 15.1. The minimum Gasteiger partial charge on any atom is -0.361 e. The van der Waals surface area contributed by atoms with Crippen LogP contribution in [0.2, 0.25) is 5.02 Å². The van der Waals surface area contributed by atoms with Crippen molar-refractivity contribution in [3.63, 3.8) is 0 Å². The predicted molar refractivity (Wildman–Crippen MR) is 102 cm³/mol. The third-order valence-corrected chi connectivity index (χ3v) is 5.70. The van der Waals surface area contributed by atoms with E-state index in [0.717, 1.165) is 11.1 Å². The van der Waals surface area contributed by atoms with Crippen LogP contribution in [0.1, 0.15) is 37.7 Å². The molecule has 7 heteroatoms. The van der Waals surface area contributed by atoms with Crippen molar-refractivity contribution in [3.05, 3.63) is 87.8 Å². The van der Waals surface area contributed by atoms with Crippen molar-refractivity contribution in [1.29, 1.82) is 0 Å². The van der Waals surface area contributed by atoms with Gasteiger partial charge in [-0.15, -0.1) is 0 Å². The number of nitrogens with zero attached hydrogens (tertiary/aromatic N) is 3. The first-order valence-electron chi connectivity index (χ1n) is 8.96. The Hall–Kier alpha value is -3.12. The van der Waals surface area contributed by atoms with Crippen LogP contribution in [0.3, 0.4) is 0 Å². The van der Waals surface area contributed by atoms with Crippen molar-refractivity contribution in [2.24, 2.45) is 0 Å². The molecule has 3 heterocycles. The maximum absolute atomic E-state index is 13.4. The van der Waals surface area contributed by atoms with Gasteiger partial charge in [0.05, 0.1) is 0 Å². The van der Waals surface area contributed by atoms with Crippen LogP contribution in [-0.2, 0) is 5.66 Å². The average Bonchev–Trinajstić information content (AvgIpc) is 3.37. The molecule has 0 radical (unpaired) electrons. The number of rotatable bonds is 2. The van der Waals surface area contributed by atoms with Gasteiger partial charge in [-0.25, -0.2) is 0 Å². The fourth-order valence-electron chi connectivity index (χ4n) is 4.33. The van der Waals surface area contributed by atoms with Crippen LogP contribution in [0.15, 0.2) is 59.1 Å². The number of carbonyl (C=O) groups excluding carboxylic acids is 2. The third-order valence-electron chi connectivity index (χ3n) is 5.45. The van der Waals surface area contributed by atoms with Crippen molar-refractivity contribution >= 4 is 23.4 Å². The molecule has 2 amide bonds. The maximum Gasteiger partial charge on any atom is 0.278 e. The topological polar surface area (TPSA) is 66.7 Å². The molecular formula is C21H16ClN3O3. The number of halogens is 1. The Balaban J connectivity index is 1.76. The monoisotopic (exact) mass is 393 g/mol. The highest BCUT2D eigenvalue weighted by molar-refractivity contribution is 6.30. The standard InChI is InChI=1S/C21H16ClN3O3/c1-13-12-18(23-28-13)20(27)25-11-10-24-19(26)16-4-2-3-5-17(16)21(24,25)14-6-8-15(22)9-7-14/h2-9,12H,10-11H2,1H3. The minimum absolute atomic E-state index is 0.0859. The second-order valence-electron chi connectivity index (χ2n) is 6.96. The van der Waals surface area contributed by atoms with Gasteiger partial charge in [-0.05, 0) is 25.1 Å². The van der Waals surface area contributed by atoms with Crippen molar-refractivity contribution in [2.75, 3.05) is 13.1 Å². The van der Waals surface area contributed by atoms with Gasteiger partial charge >= 0.3 is 0 Å². The highest BCUT2D eigenvalue weighted by atomic mass is 35.5. The first-order valence-corrected chi connectivity index (χ1v) is 9.34. The summed E-state index contributed by atoms with van der Waals surface area (Å²) in [6, 6.07) is 16.3. The van der Waals surface area contributed by atoms with E-state index in [1.165, 1.54) is 0 Å². The molecule has 1 fully saturated rings. The van der Waals surface area contributed by atoms with E-state index >= 15 is 0 Å². The molecule has 0 aliphatic carbocycles. The lowest BCUT2D eigenvalue weighted by Crippen LogP contribution is -2.51. The molecule has 28 heavy (non-hydrogen) atoms. The molecule has 0 N–H and O–H groups in total. The second-order valence-corrected chi connectivity index (χ2v) is 7.40. The van der Waals surface area contributed by atoms with E-state index < -0.39 is 5.66 Å². The van der Waals surface area contributed by atoms with Crippen LogP contribution in [0.25, 0.3) is 0 Å². The molecule has 0 spiro atoms. The molecule has 2 aromatic carbocycles. The molecule has 1 aromatic heterocycles. The summed E-state index contributed by atoms with van der Waals surface area (Å²) in [5, 5.41) is 4.49. The summed E-state index contributed by atoms with van der Waals surface area (Å²) in [4.78, 5) is 30.0. The quantitative estimate of drug-likeness (QED) is 0.668. The number of carbonyl (C=O) groups is 2. The smallest absolute Gasteiger partial charge is 0.278 e. The van der Waals surface area contributed by atoms with Crippen LogP contribution in [0, 0.1) is 6.92 Å². The molecule has 1 unspecified atom stereocenters. The SMILES string of the molecule is Cc1cc(C(=O)N2CCN3C(=O)c4ccccc4C23c2ccc(Cl)cc2)no1. The lowest BCUT2D eigenvalue weighted by atomic mass is 9.89. The van der Waals surface area contributed by atoms with Crippen molar-refractivity contribution < 1.29 is 14.1 Å². The Morgan fingerprint density at radius 1 is 1.14 bits per heavy atom. The van der Waals surface area contributed by atoms with Crippen LogP contribution in [0.5, 0.6) is 0 Å². The molecule has 2 aliphatic heterocycles. The number of aromatic nitrogens is 1. The molecule has 3 aromatic rings. The van der Waals surface area contributed by atoms with Crippen molar-refractivity contribution in [3.8, 4) is 0 Å². The van der Waals surface area contributed by atoms with Crippen LogP contribution < -0.4 is 0 Å². The second kappa shape index (κ2) is 5.94. The van der Waals surface area contributed by atoms with Gasteiger partial charge in [0.1, 0.15) is 5.76 Å². The number of benzene rings is 2. The van der Waals surface area contributed by atoms with Gasteiger partial charge in [0, 0.05) is 40.9 Å². The zero-order valence-corrected chi connectivity index (χ0v) is 15.8. The summed E-state index contributed by atoms with van der Waals surface area (Å²) >= 11 is 6.10. The van der Waals surface area contributed by atoms with Gasteiger partial charge in [0.15, 0.2) is 11.4 Å². The number of fused-ring (bicyclic) bond motifs is 3. The molecule has 2 aliphatic rings. The van der Waals surface area contributed by atoms with E-state index in [1.807, 2.05) is 30.3 Å². The third kappa shape index (κ3) is 2.12. The summed E-state index contributed by atoms with van der Waals surface area (Å²) in [6.45, 7) is 2.57. The number of aryl methyl sites for hydroxylation is 1. The Morgan fingerprint density at radius 2 is 1.89 bits per heavy atom.